The molecule has 0 saturated heterocycles. The number of ether oxygens (including phenoxy) is 1. The van der Waals surface area contributed by atoms with Crippen molar-refractivity contribution in [3.05, 3.63) is 27.8 Å². The molecule has 1 unspecified atom stereocenters. The number of nitrogens with zero attached hydrogens (tertiary/aromatic N) is 1. The monoisotopic (exact) mass is 344 g/mol. The predicted molar refractivity (Wildman–Crippen MR) is 72.5 cm³/mol. The quantitative estimate of drug-likeness (QED) is 0.832. The highest BCUT2D eigenvalue weighted by molar-refractivity contribution is 14.1. The molecule has 1 rings (SSSR count). The summed E-state index contributed by atoms with van der Waals surface area (Å²) in [4.78, 5) is 11.4. The van der Waals surface area contributed by atoms with Crippen LogP contribution in [0.5, 0.6) is 5.75 Å². The van der Waals surface area contributed by atoms with E-state index in [-0.39, 0.29) is 18.6 Å². The van der Waals surface area contributed by atoms with Gasteiger partial charge in [-0.05, 0) is 47.7 Å². The summed E-state index contributed by atoms with van der Waals surface area (Å²) in [6.45, 7) is 1.75. The lowest BCUT2D eigenvalue weighted by Crippen LogP contribution is -2.35. The highest BCUT2D eigenvalue weighted by atomic mass is 127. The summed E-state index contributed by atoms with van der Waals surface area (Å²) in [6.07, 6.45) is 0.301. The molecule has 1 aromatic rings. The molecule has 90 valence electrons. The first kappa shape index (κ1) is 13.8. The minimum atomic E-state index is -0.216. The van der Waals surface area contributed by atoms with E-state index in [0.29, 0.717) is 12.2 Å². The van der Waals surface area contributed by atoms with Gasteiger partial charge in [0.15, 0.2) is 6.61 Å². The molecule has 0 heterocycles. The van der Waals surface area contributed by atoms with E-state index in [1.54, 1.807) is 13.0 Å². The van der Waals surface area contributed by atoms with Gasteiger partial charge in [-0.2, -0.15) is 5.26 Å². The van der Waals surface area contributed by atoms with Crippen LogP contribution < -0.4 is 10.1 Å². The van der Waals surface area contributed by atoms with E-state index >= 15 is 0 Å². The maximum atomic E-state index is 11.4. The van der Waals surface area contributed by atoms with Gasteiger partial charge in [-0.3, -0.25) is 4.79 Å². The average Bonchev–Trinajstić information content (AvgIpc) is 2.27. The molecule has 0 saturated carbocycles. The maximum absolute atomic E-state index is 11.4. The summed E-state index contributed by atoms with van der Waals surface area (Å²) >= 11 is 2.18. The van der Waals surface area contributed by atoms with Gasteiger partial charge in [0.25, 0.3) is 5.91 Å². The van der Waals surface area contributed by atoms with Crippen LogP contribution in [-0.4, -0.2) is 18.6 Å². The van der Waals surface area contributed by atoms with Crippen LogP contribution in [0.15, 0.2) is 24.3 Å². The minimum absolute atomic E-state index is 0.0319. The fourth-order valence-corrected chi connectivity index (χ4v) is 1.72. The van der Waals surface area contributed by atoms with E-state index in [2.05, 4.69) is 27.9 Å². The van der Waals surface area contributed by atoms with E-state index in [0.717, 1.165) is 3.57 Å². The van der Waals surface area contributed by atoms with Gasteiger partial charge >= 0.3 is 0 Å². The number of hydrogen-bond donors (Lipinski definition) is 1. The lowest BCUT2D eigenvalue weighted by molar-refractivity contribution is -0.123. The van der Waals surface area contributed by atoms with Gasteiger partial charge in [-0.25, -0.2) is 0 Å². The van der Waals surface area contributed by atoms with Gasteiger partial charge < -0.3 is 10.1 Å². The van der Waals surface area contributed by atoms with Gasteiger partial charge in [0, 0.05) is 9.61 Å². The molecule has 1 atom stereocenters. The number of rotatable bonds is 5. The van der Waals surface area contributed by atoms with Crippen LogP contribution in [0.2, 0.25) is 0 Å². The van der Waals surface area contributed by atoms with Crippen molar-refractivity contribution in [2.24, 2.45) is 0 Å². The standard InChI is InChI=1S/C12H13IN2O2/c1-9(5-6-14)15-12(16)8-17-11-4-2-3-10(13)7-11/h2-4,7,9H,5,8H2,1H3,(H,15,16). The SMILES string of the molecule is CC(CC#N)NC(=O)COc1cccc(I)c1. The largest absolute Gasteiger partial charge is 0.484 e. The van der Waals surface area contributed by atoms with E-state index < -0.39 is 0 Å². The van der Waals surface area contributed by atoms with Gasteiger partial charge in [0.2, 0.25) is 0 Å². The first-order valence-corrected chi connectivity index (χ1v) is 6.24. The van der Waals surface area contributed by atoms with Gasteiger partial charge in [0.1, 0.15) is 5.75 Å². The smallest absolute Gasteiger partial charge is 0.258 e. The Morgan fingerprint density at radius 3 is 3.06 bits per heavy atom. The Balaban J connectivity index is 2.36. The zero-order valence-corrected chi connectivity index (χ0v) is 11.6. The second kappa shape index (κ2) is 7.12. The van der Waals surface area contributed by atoms with Gasteiger partial charge in [-0.1, -0.05) is 6.07 Å². The van der Waals surface area contributed by atoms with Crippen molar-refractivity contribution in [1.82, 2.24) is 5.32 Å². The molecule has 0 aliphatic rings. The Hall–Kier alpha value is -1.29. The van der Waals surface area contributed by atoms with Crippen molar-refractivity contribution < 1.29 is 9.53 Å². The first-order chi connectivity index (χ1) is 8.11. The van der Waals surface area contributed by atoms with Crippen LogP contribution in [0.4, 0.5) is 0 Å². The molecule has 0 fully saturated rings. The van der Waals surface area contributed by atoms with Crippen molar-refractivity contribution in [3.63, 3.8) is 0 Å². The van der Waals surface area contributed by atoms with Crippen molar-refractivity contribution in [2.75, 3.05) is 6.61 Å². The number of nitrogens with one attached hydrogen (secondary N) is 1. The molecule has 0 aromatic heterocycles. The first-order valence-electron chi connectivity index (χ1n) is 5.16. The fraction of sp³-hybridized carbons (Fsp3) is 0.333. The summed E-state index contributed by atoms with van der Waals surface area (Å²) < 4.78 is 6.38. The molecule has 1 aromatic carbocycles. The van der Waals surface area contributed by atoms with Gasteiger partial charge in [-0.15, -0.1) is 0 Å². The van der Waals surface area contributed by atoms with Crippen molar-refractivity contribution in [3.8, 4) is 11.8 Å². The summed E-state index contributed by atoms with van der Waals surface area (Å²) in [5, 5.41) is 11.1. The molecule has 0 radical (unpaired) electrons. The van der Waals surface area contributed by atoms with Crippen molar-refractivity contribution in [1.29, 1.82) is 5.26 Å². The Labute approximate surface area is 114 Å². The Bertz CT molecular complexity index is 429. The summed E-state index contributed by atoms with van der Waals surface area (Å²) in [6, 6.07) is 9.32. The number of nitriles is 1. The highest BCUT2D eigenvalue weighted by Gasteiger charge is 2.07. The normalized spacial score (nSPS) is 11.4. The zero-order chi connectivity index (χ0) is 12.7. The lowest BCUT2D eigenvalue weighted by Gasteiger charge is -2.11. The van der Waals surface area contributed by atoms with Crippen LogP contribution in [0, 0.1) is 14.9 Å². The highest BCUT2D eigenvalue weighted by Crippen LogP contribution is 2.14. The molecule has 17 heavy (non-hydrogen) atoms. The van der Waals surface area contributed by atoms with Crippen LogP contribution >= 0.6 is 22.6 Å². The molecule has 0 aliphatic heterocycles. The van der Waals surface area contributed by atoms with Crippen LogP contribution in [0.25, 0.3) is 0 Å². The summed E-state index contributed by atoms with van der Waals surface area (Å²) in [5.74, 6) is 0.451. The third-order valence-electron chi connectivity index (χ3n) is 1.97. The summed E-state index contributed by atoms with van der Waals surface area (Å²) in [7, 11) is 0. The number of halogens is 1. The fourth-order valence-electron chi connectivity index (χ4n) is 1.21. The number of benzene rings is 1. The Morgan fingerprint density at radius 1 is 1.65 bits per heavy atom. The Morgan fingerprint density at radius 2 is 2.41 bits per heavy atom. The van der Waals surface area contributed by atoms with Crippen LogP contribution in [-0.2, 0) is 4.79 Å². The predicted octanol–water partition coefficient (Wildman–Crippen LogP) is 2.09. The number of hydrogen-bond acceptors (Lipinski definition) is 3. The topological polar surface area (TPSA) is 62.1 Å². The molecule has 0 bridgehead atoms. The van der Waals surface area contributed by atoms with Gasteiger partial charge in [0.05, 0.1) is 12.5 Å². The van der Waals surface area contributed by atoms with Crippen LogP contribution in [0.3, 0.4) is 0 Å². The average molecular weight is 344 g/mol. The summed E-state index contributed by atoms with van der Waals surface area (Å²) in [5.41, 5.74) is 0. The number of carbonyl (C=O) groups is 1. The molecule has 0 spiro atoms. The van der Waals surface area contributed by atoms with Crippen molar-refractivity contribution in [2.45, 2.75) is 19.4 Å². The maximum Gasteiger partial charge on any atom is 0.258 e. The third kappa shape index (κ3) is 5.54. The second-order valence-electron chi connectivity index (χ2n) is 3.58. The lowest BCUT2D eigenvalue weighted by atomic mass is 10.2. The number of carbonyl (C=O) groups excluding carboxylic acids is 1. The molecular weight excluding hydrogens is 331 g/mol. The van der Waals surface area contributed by atoms with E-state index in [1.165, 1.54) is 0 Å². The van der Waals surface area contributed by atoms with Crippen LogP contribution in [0.1, 0.15) is 13.3 Å². The number of amides is 1. The molecule has 1 amide bonds. The molecule has 4 nitrogen and oxygen atoms in total. The second-order valence-corrected chi connectivity index (χ2v) is 4.82. The van der Waals surface area contributed by atoms with E-state index in [1.807, 2.05) is 24.3 Å². The molecule has 5 heteroatoms. The zero-order valence-electron chi connectivity index (χ0n) is 9.44. The molecular formula is C12H13IN2O2. The van der Waals surface area contributed by atoms with E-state index in [4.69, 9.17) is 10.00 Å². The molecule has 0 aliphatic carbocycles. The van der Waals surface area contributed by atoms with Crippen molar-refractivity contribution >= 4 is 28.5 Å². The Kier molecular flexibility index (Phi) is 5.77. The van der Waals surface area contributed by atoms with E-state index in [9.17, 15) is 4.79 Å². The third-order valence-corrected chi connectivity index (χ3v) is 2.64. The minimum Gasteiger partial charge on any atom is -0.484 e. The molecule has 1 N–H and O–H groups in total.